The van der Waals surface area contributed by atoms with Crippen molar-refractivity contribution in [1.82, 2.24) is 0 Å². The second-order valence-corrected chi connectivity index (χ2v) is 2.02. The third-order valence-electron chi connectivity index (χ3n) is 1.33. The van der Waals surface area contributed by atoms with Crippen LogP contribution in [-0.2, 0) is 0 Å². The van der Waals surface area contributed by atoms with Crippen LogP contribution in [-0.4, -0.2) is 0 Å². The summed E-state index contributed by atoms with van der Waals surface area (Å²) in [5.74, 6) is 0. The van der Waals surface area contributed by atoms with Gasteiger partial charge in [-0.1, -0.05) is 44.2 Å². The molecule has 0 radical (unpaired) electrons. The van der Waals surface area contributed by atoms with Gasteiger partial charge in [-0.05, 0) is 0 Å². The number of hydrogen-bond acceptors (Lipinski definition) is 2. The van der Waals surface area contributed by atoms with Gasteiger partial charge in [0.25, 0.3) is 0 Å². The molecule has 58 valence electrons. The Labute approximate surface area is 67.0 Å². The normalized spacial score (nSPS) is 13.6. The molecular weight excluding hydrogens is 136 g/mol. The van der Waals surface area contributed by atoms with Gasteiger partial charge in [-0.3, -0.25) is 0 Å². The van der Waals surface area contributed by atoms with Crippen molar-refractivity contribution in [3.05, 3.63) is 35.9 Å². The van der Waals surface area contributed by atoms with Gasteiger partial charge in [0, 0.05) is 5.56 Å². The molecule has 0 aromatic heterocycles. The van der Waals surface area contributed by atoms with Crippen molar-refractivity contribution < 1.29 is 0 Å². The van der Waals surface area contributed by atoms with Crippen LogP contribution in [0.5, 0.6) is 0 Å². The van der Waals surface area contributed by atoms with E-state index in [9.17, 15) is 0 Å². The summed E-state index contributed by atoms with van der Waals surface area (Å²) in [5.41, 5.74) is 1.19. The van der Waals surface area contributed by atoms with Crippen LogP contribution >= 0.6 is 0 Å². The van der Waals surface area contributed by atoms with E-state index in [1.165, 1.54) is 5.56 Å². The molecule has 0 aliphatic carbocycles. The molecule has 2 rings (SSSR count). The van der Waals surface area contributed by atoms with Crippen molar-refractivity contribution >= 4 is 0 Å². The molecule has 0 N–H and O–H groups in total. The van der Waals surface area contributed by atoms with Crippen LogP contribution in [0.25, 0.3) is 0 Å². The van der Waals surface area contributed by atoms with E-state index >= 15 is 0 Å². The Balaban J connectivity index is 0.000000281. The molecule has 1 heterocycles. The first-order chi connectivity index (χ1) is 5.47. The van der Waals surface area contributed by atoms with Gasteiger partial charge in [0.15, 0.2) is 0 Å². The molecule has 0 amide bonds. The molecule has 2 nitrogen and oxygen atoms in total. The summed E-state index contributed by atoms with van der Waals surface area (Å²) in [5, 5.41) is 7.60. The zero-order chi connectivity index (χ0) is 8.10. The molecule has 0 unspecified atom stereocenters. The van der Waals surface area contributed by atoms with E-state index in [0.29, 0.717) is 0 Å². The number of hydrogen-bond donors (Lipinski definition) is 0. The molecule has 2 heteroatoms. The molecule has 0 fully saturated rings. The Bertz CT molecular complexity index is 223. The van der Waals surface area contributed by atoms with Crippen molar-refractivity contribution in [3.63, 3.8) is 0 Å². The third-order valence-corrected chi connectivity index (χ3v) is 1.33. The Hall–Kier alpha value is -1.18. The van der Waals surface area contributed by atoms with E-state index in [1.54, 1.807) is 0 Å². The second-order valence-electron chi connectivity index (χ2n) is 2.02. The highest BCUT2D eigenvalue weighted by atomic mass is 15.4. The highest BCUT2D eigenvalue weighted by Crippen LogP contribution is 2.29. The average molecular weight is 148 g/mol. The summed E-state index contributed by atoms with van der Waals surface area (Å²) in [4.78, 5) is 0. The summed E-state index contributed by atoms with van der Waals surface area (Å²) in [6.07, 6.45) is 0.159. The topological polar surface area (TPSA) is 24.7 Å². The van der Waals surface area contributed by atoms with Crippen molar-refractivity contribution in [3.8, 4) is 0 Å². The van der Waals surface area contributed by atoms with E-state index in [0.717, 1.165) is 0 Å². The molecule has 0 saturated carbocycles. The average Bonchev–Trinajstić information content (AvgIpc) is 2.92. The first-order valence-corrected chi connectivity index (χ1v) is 3.92. The Morgan fingerprint density at radius 1 is 1.00 bits per heavy atom. The van der Waals surface area contributed by atoms with Gasteiger partial charge >= 0.3 is 0 Å². The van der Waals surface area contributed by atoms with E-state index in [-0.39, 0.29) is 6.17 Å². The Morgan fingerprint density at radius 2 is 1.55 bits per heavy atom. The van der Waals surface area contributed by atoms with Crippen molar-refractivity contribution in [1.29, 1.82) is 0 Å². The molecule has 0 atom stereocenters. The third kappa shape index (κ3) is 2.15. The van der Waals surface area contributed by atoms with Gasteiger partial charge in [-0.2, -0.15) is 10.2 Å². The minimum atomic E-state index is 0.159. The molecule has 1 aromatic rings. The van der Waals surface area contributed by atoms with Gasteiger partial charge in [0.2, 0.25) is 6.17 Å². The van der Waals surface area contributed by atoms with Crippen molar-refractivity contribution in [2.45, 2.75) is 20.0 Å². The van der Waals surface area contributed by atoms with E-state index in [4.69, 9.17) is 0 Å². The lowest BCUT2D eigenvalue weighted by molar-refractivity contribution is 1.05. The minimum Gasteiger partial charge on any atom is -0.157 e. The predicted molar refractivity (Wildman–Crippen MR) is 45.4 cm³/mol. The maximum absolute atomic E-state index is 3.80. The summed E-state index contributed by atoms with van der Waals surface area (Å²) >= 11 is 0. The largest absolute Gasteiger partial charge is 0.206 e. The van der Waals surface area contributed by atoms with Crippen LogP contribution < -0.4 is 0 Å². The maximum Gasteiger partial charge on any atom is 0.206 e. The van der Waals surface area contributed by atoms with Crippen LogP contribution in [0.1, 0.15) is 25.6 Å². The summed E-state index contributed by atoms with van der Waals surface area (Å²) in [6.45, 7) is 4.00. The van der Waals surface area contributed by atoms with Crippen molar-refractivity contribution in [2.75, 3.05) is 0 Å². The van der Waals surface area contributed by atoms with E-state index < -0.39 is 0 Å². The molecule has 0 bridgehead atoms. The van der Waals surface area contributed by atoms with E-state index in [1.807, 2.05) is 44.2 Å². The standard InChI is InChI=1S/C7H6N2.C2H6/c1-2-4-6(5-3-1)7-8-9-7;1-2/h1-5,7H;1-2H3. The lowest BCUT2D eigenvalue weighted by Gasteiger charge is -1.88. The van der Waals surface area contributed by atoms with E-state index in [2.05, 4.69) is 10.2 Å². The Kier molecular flexibility index (Phi) is 2.78. The van der Waals surface area contributed by atoms with Crippen molar-refractivity contribution in [2.24, 2.45) is 10.2 Å². The van der Waals surface area contributed by atoms with Gasteiger partial charge in [-0.25, -0.2) is 0 Å². The van der Waals surface area contributed by atoms with Crippen LogP contribution in [0, 0.1) is 0 Å². The van der Waals surface area contributed by atoms with Gasteiger partial charge in [0.1, 0.15) is 0 Å². The number of nitrogens with zero attached hydrogens (tertiary/aromatic N) is 2. The summed E-state index contributed by atoms with van der Waals surface area (Å²) in [6, 6.07) is 10.1. The lowest BCUT2D eigenvalue weighted by Crippen LogP contribution is -1.75. The van der Waals surface area contributed by atoms with Crippen LogP contribution in [0.15, 0.2) is 40.6 Å². The fraction of sp³-hybridized carbons (Fsp3) is 0.333. The maximum atomic E-state index is 3.80. The van der Waals surface area contributed by atoms with Crippen LogP contribution in [0.3, 0.4) is 0 Å². The fourth-order valence-electron chi connectivity index (χ4n) is 0.792. The molecule has 1 aliphatic heterocycles. The zero-order valence-corrected chi connectivity index (χ0v) is 6.86. The first-order valence-electron chi connectivity index (χ1n) is 3.92. The first kappa shape index (κ1) is 7.92. The van der Waals surface area contributed by atoms with Crippen LogP contribution in [0.4, 0.5) is 0 Å². The highest BCUT2D eigenvalue weighted by molar-refractivity contribution is 5.20. The number of benzene rings is 1. The van der Waals surface area contributed by atoms with Gasteiger partial charge in [0.05, 0.1) is 0 Å². The lowest BCUT2D eigenvalue weighted by atomic mass is 10.2. The number of rotatable bonds is 1. The molecule has 1 aromatic carbocycles. The molecule has 0 saturated heterocycles. The highest BCUT2D eigenvalue weighted by Gasteiger charge is 2.16. The molecule has 11 heavy (non-hydrogen) atoms. The fourth-order valence-corrected chi connectivity index (χ4v) is 0.792. The smallest absolute Gasteiger partial charge is 0.157 e. The van der Waals surface area contributed by atoms with Gasteiger partial charge < -0.3 is 0 Å². The molecule has 0 spiro atoms. The zero-order valence-electron chi connectivity index (χ0n) is 6.86. The minimum absolute atomic E-state index is 0.159. The molecule has 1 aliphatic rings. The molecular formula is C9H12N2. The monoisotopic (exact) mass is 148 g/mol. The Morgan fingerprint density at radius 3 is 2.00 bits per heavy atom. The predicted octanol–water partition coefficient (Wildman–Crippen LogP) is 3.18. The van der Waals surface area contributed by atoms with Crippen LogP contribution in [0.2, 0.25) is 0 Å². The summed E-state index contributed by atoms with van der Waals surface area (Å²) in [7, 11) is 0. The van der Waals surface area contributed by atoms with Gasteiger partial charge in [-0.15, -0.1) is 0 Å². The second kappa shape index (κ2) is 3.86. The SMILES string of the molecule is CC.c1ccc(C2N=N2)cc1. The quantitative estimate of drug-likeness (QED) is 0.584. The summed E-state index contributed by atoms with van der Waals surface area (Å²) < 4.78 is 0.